The Labute approximate surface area is 127 Å². The minimum Gasteiger partial charge on any atom is -0.481 e. The summed E-state index contributed by atoms with van der Waals surface area (Å²) in [6, 6.07) is 11.7. The van der Waals surface area contributed by atoms with E-state index < -0.39 is 0 Å². The molecule has 0 bridgehead atoms. The summed E-state index contributed by atoms with van der Waals surface area (Å²) in [6.07, 6.45) is 0. The monoisotopic (exact) mass is 336 g/mol. The molecule has 0 spiro atoms. The van der Waals surface area contributed by atoms with Crippen molar-refractivity contribution in [3.63, 3.8) is 0 Å². The van der Waals surface area contributed by atoms with Crippen LogP contribution < -0.4 is 10.1 Å². The average molecular weight is 337 g/mol. The molecule has 106 valence electrons. The van der Waals surface area contributed by atoms with Gasteiger partial charge >= 0.3 is 0 Å². The van der Waals surface area contributed by atoms with Crippen molar-refractivity contribution in [1.29, 1.82) is 0 Å². The molecule has 20 heavy (non-hydrogen) atoms. The third kappa shape index (κ3) is 3.71. The van der Waals surface area contributed by atoms with Crippen molar-refractivity contribution in [2.75, 3.05) is 19.5 Å². The molecule has 5 heteroatoms. The zero-order chi connectivity index (χ0) is 14.4. The van der Waals surface area contributed by atoms with E-state index in [2.05, 4.69) is 26.2 Å². The van der Waals surface area contributed by atoms with Crippen molar-refractivity contribution < 1.29 is 9.47 Å². The molecule has 1 N–H and O–H groups in total. The van der Waals surface area contributed by atoms with Gasteiger partial charge in [0.1, 0.15) is 0 Å². The Morgan fingerprint density at radius 2 is 1.95 bits per heavy atom. The molecule has 4 nitrogen and oxygen atoms in total. The number of nitrogens with one attached hydrogen (secondary N) is 1. The first kappa shape index (κ1) is 14.8. The van der Waals surface area contributed by atoms with Crippen molar-refractivity contribution in [1.82, 2.24) is 4.98 Å². The number of rotatable bonds is 6. The van der Waals surface area contributed by atoms with Crippen LogP contribution in [0.3, 0.4) is 0 Å². The van der Waals surface area contributed by atoms with Crippen LogP contribution in [0.4, 0.5) is 5.69 Å². The number of halogens is 1. The fraction of sp³-hybridized carbons (Fsp3) is 0.267. The highest BCUT2D eigenvalue weighted by atomic mass is 79.9. The fourth-order valence-corrected chi connectivity index (χ4v) is 2.35. The quantitative estimate of drug-likeness (QED) is 0.875. The summed E-state index contributed by atoms with van der Waals surface area (Å²) in [5, 5.41) is 3.38. The van der Waals surface area contributed by atoms with Gasteiger partial charge in [-0.2, -0.15) is 0 Å². The number of pyridine rings is 1. The summed E-state index contributed by atoms with van der Waals surface area (Å²) in [5.74, 6) is 0.621. The van der Waals surface area contributed by atoms with Gasteiger partial charge in [-0.05, 0) is 18.2 Å². The third-order valence-electron chi connectivity index (χ3n) is 2.86. The maximum absolute atomic E-state index is 5.23. The second-order valence-electron chi connectivity index (χ2n) is 4.22. The van der Waals surface area contributed by atoms with Crippen LogP contribution in [0.2, 0.25) is 0 Å². The Morgan fingerprint density at radius 3 is 2.70 bits per heavy atom. The van der Waals surface area contributed by atoms with Gasteiger partial charge in [0.05, 0.1) is 26.0 Å². The maximum atomic E-state index is 5.23. The van der Waals surface area contributed by atoms with Crippen LogP contribution in [-0.2, 0) is 17.9 Å². The minimum absolute atomic E-state index is 0.551. The number of aromatic nitrogens is 1. The molecule has 1 heterocycles. The molecule has 0 aliphatic heterocycles. The van der Waals surface area contributed by atoms with E-state index in [-0.39, 0.29) is 0 Å². The van der Waals surface area contributed by atoms with Crippen molar-refractivity contribution in [2.45, 2.75) is 13.2 Å². The van der Waals surface area contributed by atoms with E-state index in [1.807, 2.05) is 36.4 Å². The largest absolute Gasteiger partial charge is 0.481 e. The van der Waals surface area contributed by atoms with Crippen molar-refractivity contribution in [3.05, 3.63) is 52.1 Å². The van der Waals surface area contributed by atoms with Gasteiger partial charge in [-0.25, -0.2) is 4.98 Å². The highest BCUT2D eigenvalue weighted by Gasteiger charge is 2.06. The van der Waals surface area contributed by atoms with Gasteiger partial charge in [0.2, 0.25) is 5.88 Å². The van der Waals surface area contributed by atoms with Gasteiger partial charge in [-0.15, -0.1) is 0 Å². The molecule has 0 atom stereocenters. The second kappa shape index (κ2) is 7.26. The van der Waals surface area contributed by atoms with Crippen molar-refractivity contribution in [2.24, 2.45) is 0 Å². The molecule has 2 rings (SSSR count). The van der Waals surface area contributed by atoms with Gasteiger partial charge in [0.25, 0.3) is 0 Å². The van der Waals surface area contributed by atoms with Crippen molar-refractivity contribution in [3.8, 4) is 5.88 Å². The first-order valence-electron chi connectivity index (χ1n) is 6.24. The number of anilines is 1. The smallest absolute Gasteiger partial charge is 0.213 e. The van der Waals surface area contributed by atoms with E-state index in [0.717, 1.165) is 21.4 Å². The van der Waals surface area contributed by atoms with Crippen LogP contribution in [0.5, 0.6) is 5.88 Å². The summed E-state index contributed by atoms with van der Waals surface area (Å²) >= 11 is 3.54. The Hall–Kier alpha value is -1.59. The predicted molar refractivity (Wildman–Crippen MR) is 83.0 cm³/mol. The van der Waals surface area contributed by atoms with E-state index >= 15 is 0 Å². The number of ether oxygens (including phenoxy) is 2. The molecule has 0 unspecified atom stereocenters. The molecule has 1 aromatic heterocycles. The molecular formula is C15H17BrN2O2. The summed E-state index contributed by atoms with van der Waals surface area (Å²) in [5.41, 5.74) is 3.05. The first-order valence-corrected chi connectivity index (χ1v) is 7.04. The molecule has 2 aromatic rings. The highest BCUT2D eigenvalue weighted by Crippen LogP contribution is 2.26. The summed E-state index contributed by atoms with van der Waals surface area (Å²) in [4.78, 5) is 4.38. The highest BCUT2D eigenvalue weighted by molar-refractivity contribution is 9.10. The van der Waals surface area contributed by atoms with E-state index in [0.29, 0.717) is 19.0 Å². The topological polar surface area (TPSA) is 43.4 Å². The lowest BCUT2D eigenvalue weighted by atomic mass is 10.2. The summed E-state index contributed by atoms with van der Waals surface area (Å²) < 4.78 is 11.4. The van der Waals surface area contributed by atoms with Crippen LogP contribution in [0.25, 0.3) is 0 Å². The Kier molecular flexibility index (Phi) is 5.38. The molecule has 0 radical (unpaired) electrons. The average Bonchev–Trinajstić information content (AvgIpc) is 2.48. The minimum atomic E-state index is 0.551. The number of hydrogen-bond donors (Lipinski definition) is 1. The van der Waals surface area contributed by atoms with Gasteiger partial charge in [0.15, 0.2) is 0 Å². The molecule has 0 saturated heterocycles. The van der Waals surface area contributed by atoms with Gasteiger partial charge in [0, 0.05) is 28.9 Å². The normalized spacial score (nSPS) is 10.3. The lowest BCUT2D eigenvalue weighted by Gasteiger charge is -2.13. The first-order chi connectivity index (χ1) is 9.74. The number of nitrogens with zero attached hydrogens (tertiary/aromatic N) is 1. The zero-order valence-corrected chi connectivity index (χ0v) is 13.1. The second-order valence-corrected chi connectivity index (χ2v) is 5.08. The molecule has 0 aliphatic rings. The van der Waals surface area contributed by atoms with Crippen LogP contribution in [0, 0.1) is 0 Å². The lowest BCUT2D eigenvalue weighted by Crippen LogP contribution is -2.05. The Bertz CT molecular complexity index is 576. The molecular weight excluding hydrogens is 320 g/mol. The van der Waals surface area contributed by atoms with Crippen molar-refractivity contribution >= 4 is 21.6 Å². The predicted octanol–water partition coefficient (Wildman–Crippen LogP) is 3.61. The van der Waals surface area contributed by atoms with E-state index in [4.69, 9.17) is 9.47 Å². The van der Waals surface area contributed by atoms with E-state index in [1.54, 1.807) is 14.2 Å². The van der Waals surface area contributed by atoms with Gasteiger partial charge < -0.3 is 14.8 Å². The molecule has 0 saturated carbocycles. The van der Waals surface area contributed by atoms with Crippen LogP contribution in [-0.4, -0.2) is 19.2 Å². The number of methoxy groups -OCH3 is 2. The van der Waals surface area contributed by atoms with E-state index in [9.17, 15) is 0 Å². The van der Waals surface area contributed by atoms with Crippen LogP contribution in [0.1, 0.15) is 11.3 Å². The molecule has 1 aromatic carbocycles. The van der Waals surface area contributed by atoms with E-state index in [1.165, 1.54) is 0 Å². The Balaban J connectivity index is 2.12. The number of benzene rings is 1. The maximum Gasteiger partial charge on any atom is 0.213 e. The van der Waals surface area contributed by atoms with Gasteiger partial charge in [-0.3, -0.25) is 0 Å². The zero-order valence-electron chi connectivity index (χ0n) is 11.5. The molecule has 0 fully saturated rings. The molecule has 0 aliphatic carbocycles. The van der Waals surface area contributed by atoms with Crippen LogP contribution in [0.15, 0.2) is 40.9 Å². The molecule has 0 amide bonds. The number of hydrogen-bond acceptors (Lipinski definition) is 4. The standard InChI is InChI=1S/C15H17BrN2O2/c1-19-10-12-13(16)6-4-7-14(12)17-9-11-5-3-8-15(18-11)20-2/h3-8,17H,9-10H2,1-2H3. The Morgan fingerprint density at radius 1 is 1.15 bits per heavy atom. The fourth-order valence-electron chi connectivity index (χ4n) is 1.87. The summed E-state index contributed by atoms with van der Waals surface area (Å²) in [6.45, 7) is 1.18. The SMILES string of the molecule is COCc1c(Br)cccc1NCc1cccc(OC)n1. The van der Waals surface area contributed by atoms with Gasteiger partial charge in [-0.1, -0.05) is 28.1 Å². The van der Waals surface area contributed by atoms with Crippen LogP contribution >= 0.6 is 15.9 Å². The summed E-state index contributed by atoms with van der Waals surface area (Å²) in [7, 11) is 3.30. The third-order valence-corrected chi connectivity index (χ3v) is 3.60. The lowest BCUT2D eigenvalue weighted by molar-refractivity contribution is 0.185.